The van der Waals surface area contributed by atoms with Gasteiger partial charge in [-0.1, -0.05) is 11.6 Å². The molecule has 1 aromatic rings. The van der Waals surface area contributed by atoms with Crippen molar-refractivity contribution in [2.45, 2.75) is 25.7 Å². The second kappa shape index (κ2) is 3.09. The van der Waals surface area contributed by atoms with E-state index in [1.165, 1.54) is 24.8 Å². The molecule has 1 aliphatic carbocycles. The summed E-state index contributed by atoms with van der Waals surface area (Å²) in [5.41, 5.74) is 1.52. The fourth-order valence-corrected chi connectivity index (χ4v) is 1.57. The van der Waals surface area contributed by atoms with E-state index in [2.05, 4.69) is 16.3 Å². The maximum Gasteiger partial charge on any atom is 0.136 e. The summed E-state index contributed by atoms with van der Waals surface area (Å²) in [7, 11) is 1.99. The molecule has 0 aromatic carbocycles. The van der Waals surface area contributed by atoms with Crippen LogP contribution in [0.3, 0.4) is 0 Å². The lowest BCUT2D eigenvalue weighted by Gasteiger charge is -1.99. The molecule has 0 spiro atoms. The Bertz CT molecular complexity index is 298. The first-order valence-corrected chi connectivity index (χ1v) is 4.37. The molecule has 1 aromatic heterocycles. The predicted molar refractivity (Wildman–Crippen MR) is 46.6 cm³/mol. The Balaban J connectivity index is 2.08. The third-order valence-electron chi connectivity index (χ3n) is 2.33. The Morgan fingerprint density at radius 1 is 1.58 bits per heavy atom. The number of allylic oxidation sites excluding steroid dienone is 2. The van der Waals surface area contributed by atoms with Crippen molar-refractivity contribution in [2.75, 3.05) is 0 Å². The molecule has 12 heavy (non-hydrogen) atoms. The molecule has 0 N–H and O–H groups in total. The van der Waals surface area contributed by atoms with Gasteiger partial charge >= 0.3 is 0 Å². The van der Waals surface area contributed by atoms with Crippen LogP contribution in [0.25, 0.3) is 0 Å². The third-order valence-corrected chi connectivity index (χ3v) is 2.33. The standard InChI is InChI=1S/C9H13N3/c1-12-7-10-11-9(12)6-8-4-2-3-5-8/h4,7H,2-3,5-6H2,1H3. The maximum atomic E-state index is 4.05. The van der Waals surface area contributed by atoms with E-state index in [0.29, 0.717) is 0 Å². The Hall–Kier alpha value is -1.12. The number of aryl methyl sites for hydroxylation is 1. The number of hydrogen-bond donors (Lipinski definition) is 0. The zero-order chi connectivity index (χ0) is 8.39. The molecule has 0 atom stereocenters. The number of hydrogen-bond acceptors (Lipinski definition) is 2. The zero-order valence-corrected chi connectivity index (χ0v) is 7.32. The molecular weight excluding hydrogens is 150 g/mol. The number of rotatable bonds is 2. The van der Waals surface area contributed by atoms with E-state index in [1.807, 2.05) is 11.6 Å². The fourth-order valence-electron chi connectivity index (χ4n) is 1.57. The molecule has 64 valence electrons. The number of nitrogens with zero attached hydrogens (tertiary/aromatic N) is 3. The molecular formula is C9H13N3. The van der Waals surface area contributed by atoms with Crippen LogP contribution in [0.5, 0.6) is 0 Å². The minimum Gasteiger partial charge on any atom is -0.320 e. The van der Waals surface area contributed by atoms with E-state index in [1.54, 1.807) is 6.33 Å². The Morgan fingerprint density at radius 3 is 3.08 bits per heavy atom. The molecule has 0 amide bonds. The maximum absolute atomic E-state index is 4.05. The largest absolute Gasteiger partial charge is 0.320 e. The quantitative estimate of drug-likeness (QED) is 0.618. The van der Waals surface area contributed by atoms with Gasteiger partial charge in [0.1, 0.15) is 12.2 Å². The van der Waals surface area contributed by atoms with Crippen LogP contribution in [0.15, 0.2) is 18.0 Å². The summed E-state index contributed by atoms with van der Waals surface area (Å²) in [6, 6.07) is 0. The van der Waals surface area contributed by atoms with Gasteiger partial charge in [-0.3, -0.25) is 0 Å². The lowest BCUT2D eigenvalue weighted by atomic mass is 10.1. The topological polar surface area (TPSA) is 30.7 Å². The van der Waals surface area contributed by atoms with Crippen LogP contribution < -0.4 is 0 Å². The van der Waals surface area contributed by atoms with E-state index in [0.717, 1.165) is 12.2 Å². The average molecular weight is 163 g/mol. The van der Waals surface area contributed by atoms with Crippen LogP contribution >= 0.6 is 0 Å². The molecule has 0 bridgehead atoms. The van der Waals surface area contributed by atoms with E-state index in [-0.39, 0.29) is 0 Å². The molecule has 0 radical (unpaired) electrons. The van der Waals surface area contributed by atoms with Crippen molar-refractivity contribution in [3.63, 3.8) is 0 Å². The summed E-state index contributed by atoms with van der Waals surface area (Å²) in [4.78, 5) is 0. The van der Waals surface area contributed by atoms with Crippen LogP contribution in [-0.2, 0) is 13.5 Å². The molecule has 3 heteroatoms. The molecule has 3 nitrogen and oxygen atoms in total. The summed E-state index contributed by atoms with van der Waals surface area (Å²) >= 11 is 0. The molecule has 0 unspecified atom stereocenters. The van der Waals surface area contributed by atoms with Crippen LogP contribution in [0.4, 0.5) is 0 Å². The highest BCUT2D eigenvalue weighted by molar-refractivity contribution is 5.13. The first-order chi connectivity index (χ1) is 5.86. The summed E-state index contributed by atoms with van der Waals surface area (Å²) in [5, 5.41) is 7.90. The molecule has 1 heterocycles. The van der Waals surface area contributed by atoms with Crippen molar-refractivity contribution < 1.29 is 0 Å². The summed E-state index contributed by atoms with van der Waals surface area (Å²) in [6.07, 6.45) is 8.86. The fraction of sp³-hybridized carbons (Fsp3) is 0.556. The molecule has 0 saturated carbocycles. The van der Waals surface area contributed by atoms with Crippen molar-refractivity contribution in [3.8, 4) is 0 Å². The third kappa shape index (κ3) is 1.40. The van der Waals surface area contributed by atoms with Gasteiger partial charge in [0.25, 0.3) is 0 Å². The van der Waals surface area contributed by atoms with Crippen molar-refractivity contribution >= 4 is 0 Å². The van der Waals surface area contributed by atoms with Crippen LogP contribution in [0, 0.1) is 0 Å². The van der Waals surface area contributed by atoms with Crippen molar-refractivity contribution in [3.05, 3.63) is 23.8 Å². The van der Waals surface area contributed by atoms with Crippen LogP contribution in [0.1, 0.15) is 25.1 Å². The highest BCUT2D eigenvalue weighted by Crippen LogP contribution is 2.20. The van der Waals surface area contributed by atoms with Gasteiger partial charge in [0.2, 0.25) is 0 Å². The van der Waals surface area contributed by atoms with Crippen molar-refractivity contribution in [1.29, 1.82) is 0 Å². The Labute approximate surface area is 72.1 Å². The first-order valence-electron chi connectivity index (χ1n) is 4.37. The average Bonchev–Trinajstić information content (AvgIpc) is 2.65. The normalized spacial score (nSPS) is 16.6. The van der Waals surface area contributed by atoms with E-state index >= 15 is 0 Å². The number of aromatic nitrogens is 3. The highest BCUT2D eigenvalue weighted by Gasteiger charge is 2.08. The second-order valence-corrected chi connectivity index (χ2v) is 3.29. The lowest BCUT2D eigenvalue weighted by molar-refractivity contribution is 0.795. The van der Waals surface area contributed by atoms with Crippen LogP contribution in [0.2, 0.25) is 0 Å². The molecule has 1 aliphatic rings. The summed E-state index contributed by atoms with van der Waals surface area (Å²) in [5.74, 6) is 1.07. The minimum atomic E-state index is 0.983. The SMILES string of the molecule is Cn1cnnc1CC1=CCCC1. The molecule has 0 fully saturated rings. The summed E-state index contributed by atoms with van der Waals surface area (Å²) < 4.78 is 1.99. The van der Waals surface area contributed by atoms with Gasteiger partial charge in [0.05, 0.1) is 0 Å². The molecule has 0 saturated heterocycles. The smallest absolute Gasteiger partial charge is 0.136 e. The van der Waals surface area contributed by atoms with E-state index < -0.39 is 0 Å². The highest BCUT2D eigenvalue weighted by atomic mass is 15.2. The second-order valence-electron chi connectivity index (χ2n) is 3.29. The van der Waals surface area contributed by atoms with Crippen molar-refractivity contribution in [2.24, 2.45) is 7.05 Å². The minimum absolute atomic E-state index is 0.983. The van der Waals surface area contributed by atoms with E-state index in [4.69, 9.17) is 0 Å². The Kier molecular flexibility index (Phi) is 1.94. The monoisotopic (exact) mass is 163 g/mol. The molecule has 0 aliphatic heterocycles. The van der Waals surface area contributed by atoms with Gasteiger partial charge < -0.3 is 4.57 Å². The van der Waals surface area contributed by atoms with E-state index in [9.17, 15) is 0 Å². The van der Waals surface area contributed by atoms with Crippen molar-refractivity contribution in [1.82, 2.24) is 14.8 Å². The van der Waals surface area contributed by atoms with Crippen LogP contribution in [-0.4, -0.2) is 14.8 Å². The lowest BCUT2D eigenvalue weighted by Crippen LogP contribution is -1.98. The van der Waals surface area contributed by atoms with Gasteiger partial charge in [-0.25, -0.2) is 0 Å². The molecule has 2 rings (SSSR count). The van der Waals surface area contributed by atoms with Gasteiger partial charge in [-0.15, -0.1) is 10.2 Å². The summed E-state index contributed by atoms with van der Waals surface area (Å²) in [6.45, 7) is 0. The predicted octanol–water partition coefficient (Wildman–Crippen LogP) is 1.47. The first kappa shape index (κ1) is 7.53. The van der Waals surface area contributed by atoms with Gasteiger partial charge in [-0.2, -0.15) is 0 Å². The van der Waals surface area contributed by atoms with Gasteiger partial charge in [0.15, 0.2) is 0 Å². The Morgan fingerprint density at radius 2 is 2.50 bits per heavy atom. The van der Waals surface area contributed by atoms with Gasteiger partial charge in [-0.05, 0) is 19.3 Å². The zero-order valence-electron chi connectivity index (χ0n) is 7.32. The van der Waals surface area contributed by atoms with Gasteiger partial charge in [0, 0.05) is 13.5 Å².